The molecule has 1 aliphatic heterocycles. The van der Waals surface area contributed by atoms with Crippen molar-refractivity contribution in [2.45, 2.75) is 13.5 Å². The Morgan fingerprint density at radius 1 is 1.26 bits per heavy atom. The van der Waals surface area contributed by atoms with Crippen molar-refractivity contribution in [2.24, 2.45) is 0 Å². The highest BCUT2D eigenvalue weighted by molar-refractivity contribution is 5.91. The summed E-state index contributed by atoms with van der Waals surface area (Å²) in [4.78, 5) is 20.3. The van der Waals surface area contributed by atoms with Crippen molar-refractivity contribution >= 4 is 12.0 Å². The van der Waals surface area contributed by atoms with Crippen LogP contribution in [0.3, 0.4) is 0 Å². The lowest BCUT2D eigenvalue weighted by molar-refractivity contribution is -0.127. The first-order valence-corrected chi connectivity index (χ1v) is 7.72. The highest BCUT2D eigenvalue weighted by Crippen LogP contribution is 2.10. The first-order valence-electron chi connectivity index (χ1n) is 7.72. The van der Waals surface area contributed by atoms with Crippen molar-refractivity contribution in [1.29, 1.82) is 0 Å². The molecule has 0 saturated carbocycles. The molecule has 0 aromatic carbocycles. The topological polar surface area (TPSA) is 62.5 Å². The van der Waals surface area contributed by atoms with E-state index in [1.54, 1.807) is 18.5 Å². The number of nitrogens with zero attached hydrogens (tertiary/aromatic N) is 4. The summed E-state index contributed by atoms with van der Waals surface area (Å²) in [6.45, 7) is 5.82. The summed E-state index contributed by atoms with van der Waals surface area (Å²) in [5, 5.41) is 4.01. The Kier molecular flexibility index (Phi) is 4.83. The van der Waals surface area contributed by atoms with Crippen LogP contribution in [0.1, 0.15) is 17.0 Å². The number of hydrogen-bond acceptors (Lipinski definition) is 5. The molecular weight excluding hydrogens is 292 g/mol. The molecule has 23 heavy (non-hydrogen) atoms. The second kappa shape index (κ2) is 7.19. The maximum Gasteiger partial charge on any atom is 0.246 e. The number of aromatic nitrogens is 2. The van der Waals surface area contributed by atoms with Crippen molar-refractivity contribution in [2.75, 3.05) is 26.2 Å². The predicted molar refractivity (Wildman–Crippen MR) is 86.4 cm³/mol. The van der Waals surface area contributed by atoms with Gasteiger partial charge in [0.05, 0.1) is 5.69 Å². The number of pyridine rings is 1. The van der Waals surface area contributed by atoms with E-state index in [4.69, 9.17) is 4.52 Å². The minimum atomic E-state index is 0.0544. The fourth-order valence-corrected chi connectivity index (χ4v) is 2.60. The Morgan fingerprint density at radius 3 is 2.65 bits per heavy atom. The Hall–Kier alpha value is -2.47. The molecular formula is C17H20N4O2. The molecule has 1 fully saturated rings. The summed E-state index contributed by atoms with van der Waals surface area (Å²) in [5.41, 5.74) is 1.92. The number of carbonyl (C=O) groups excluding carboxylic acids is 1. The molecule has 1 saturated heterocycles. The quantitative estimate of drug-likeness (QED) is 0.805. The van der Waals surface area contributed by atoms with Crippen LogP contribution in [0.25, 0.3) is 6.08 Å². The zero-order valence-electron chi connectivity index (χ0n) is 13.2. The van der Waals surface area contributed by atoms with Gasteiger partial charge in [-0.1, -0.05) is 5.16 Å². The summed E-state index contributed by atoms with van der Waals surface area (Å²) < 4.78 is 5.08. The Morgan fingerprint density at radius 2 is 2.00 bits per heavy atom. The van der Waals surface area contributed by atoms with Gasteiger partial charge in [-0.3, -0.25) is 14.7 Å². The van der Waals surface area contributed by atoms with Gasteiger partial charge in [0.2, 0.25) is 5.91 Å². The molecule has 2 aromatic heterocycles. The van der Waals surface area contributed by atoms with Crippen LogP contribution >= 0.6 is 0 Å². The van der Waals surface area contributed by atoms with Gasteiger partial charge in [0.15, 0.2) is 0 Å². The highest BCUT2D eigenvalue weighted by Gasteiger charge is 2.20. The van der Waals surface area contributed by atoms with Crippen LogP contribution in [0.2, 0.25) is 0 Å². The molecule has 3 heterocycles. The second-order valence-electron chi connectivity index (χ2n) is 5.64. The van der Waals surface area contributed by atoms with Crippen LogP contribution in [0.4, 0.5) is 0 Å². The van der Waals surface area contributed by atoms with Crippen molar-refractivity contribution < 1.29 is 9.32 Å². The Bertz CT molecular complexity index is 673. The van der Waals surface area contributed by atoms with Gasteiger partial charge in [-0.15, -0.1) is 0 Å². The lowest BCUT2D eigenvalue weighted by atomic mass is 10.2. The Labute approximate surface area is 135 Å². The van der Waals surface area contributed by atoms with E-state index in [-0.39, 0.29) is 5.91 Å². The molecule has 2 aromatic rings. The molecule has 0 spiro atoms. The molecule has 0 radical (unpaired) electrons. The van der Waals surface area contributed by atoms with Crippen LogP contribution in [-0.4, -0.2) is 52.0 Å². The molecule has 6 nitrogen and oxygen atoms in total. The van der Waals surface area contributed by atoms with Gasteiger partial charge < -0.3 is 9.42 Å². The number of rotatable bonds is 4. The van der Waals surface area contributed by atoms with Crippen molar-refractivity contribution in [3.8, 4) is 0 Å². The first-order chi connectivity index (χ1) is 11.2. The molecule has 6 heteroatoms. The van der Waals surface area contributed by atoms with Crippen LogP contribution in [0, 0.1) is 6.92 Å². The first kappa shape index (κ1) is 15.4. The van der Waals surface area contributed by atoms with E-state index < -0.39 is 0 Å². The average molecular weight is 312 g/mol. The normalized spacial score (nSPS) is 16.1. The van der Waals surface area contributed by atoms with E-state index in [0.717, 1.165) is 49.7 Å². The summed E-state index contributed by atoms with van der Waals surface area (Å²) in [5.74, 6) is 0.883. The molecule has 120 valence electrons. The number of aryl methyl sites for hydroxylation is 1. The van der Waals surface area contributed by atoms with Gasteiger partial charge in [-0.05, 0) is 30.7 Å². The lowest BCUT2D eigenvalue weighted by Crippen LogP contribution is -2.47. The Balaban J connectivity index is 1.48. The van der Waals surface area contributed by atoms with Crippen molar-refractivity contribution in [3.05, 3.63) is 53.7 Å². The third-order valence-electron chi connectivity index (χ3n) is 3.87. The fraction of sp³-hybridized carbons (Fsp3) is 0.353. The van der Waals surface area contributed by atoms with Crippen molar-refractivity contribution in [1.82, 2.24) is 19.9 Å². The van der Waals surface area contributed by atoms with Crippen LogP contribution in [-0.2, 0) is 11.3 Å². The molecule has 0 N–H and O–H groups in total. The molecule has 1 amide bonds. The minimum absolute atomic E-state index is 0.0544. The van der Waals surface area contributed by atoms with E-state index >= 15 is 0 Å². The van der Waals surface area contributed by atoms with E-state index in [0.29, 0.717) is 0 Å². The van der Waals surface area contributed by atoms with Crippen LogP contribution in [0.5, 0.6) is 0 Å². The molecule has 0 bridgehead atoms. The van der Waals surface area contributed by atoms with Gasteiger partial charge in [0.25, 0.3) is 0 Å². The summed E-state index contributed by atoms with van der Waals surface area (Å²) in [7, 11) is 0. The van der Waals surface area contributed by atoms with E-state index in [9.17, 15) is 4.79 Å². The number of carbonyl (C=O) groups is 1. The largest absolute Gasteiger partial charge is 0.361 e. The van der Waals surface area contributed by atoms with E-state index in [2.05, 4.69) is 15.0 Å². The summed E-state index contributed by atoms with van der Waals surface area (Å²) in [6, 6.07) is 5.71. The monoisotopic (exact) mass is 312 g/mol. The third-order valence-corrected chi connectivity index (χ3v) is 3.87. The van der Waals surface area contributed by atoms with E-state index in [1.165, 1.54) is 0 Å². The summed E-state index contributed by atoms with van der Waals surface area (Å²) >= 11 is 0. The van der Waals surface area contributed by atoms with Gasteiger partial charge in [-0.2, -0.15) is 0 Å². The smallest absolute Gasteiger partial charge is 0.246 e. The lowest BCUT2D eigenvalue weighted by Gasteiger charge is -2.33. The number of amides is 1. The zero-order valence-corrected chi connectivity index (χ0v) is 13.2. The molecule has 0 unspecified atom stereocenters. The second-order valence-corrected chi connectivity index (χ2v) is 5.64. The molecule has 0 atom stereocenters. The predicted octanol–water partition coefficient (Wildman–Crippen LogP) is 1.74. The SMILES string of the molecule is Cc1cc(CN2CCN(C(=O)C=Cc3ccncc3)CC2)no1. The molecule has 3 rings (SSSR count). The van der Waals surface area contributed by atoms with Gasteiger partial charge in [0.1, 0.15) is 5.76 Å². The number of piperazine rings is 1. The zero-order chi connectivity index (χ0) is 16.1. The maximum atomic E-state index is 12.2. The standard InChI is InChI=1S/C17H20N4O2/c1-14-12-16(19-23-14)13-20-8-10-21(11-9-20)17(22)3-2-15-4-6-18-7-5-15/h2-7,12H,8-11,13H2,1H3. The fourth-order valence-electron chi connectivity index (χ4n) is 2.60. The molecule has 1 aliphatic rings. The molecule has 0 aliphatic carbocycles. The maximum absolute atomic E-state index is 12.2. The van der Waals surface area contributed by atoms with Gasteiger partial charge >= 0.3 is 0 Å². The highest BCUT2D eigenvalue weighted by atomic mass is 16.5. The third kappa shape index (κ3) is 4.26. The van der Waals surface area contributed by atoms with Gasteiger partial charge in [0, 0.05) is 57.3 Å². The van der Waals surface area contributed by atoms with Gasteiger partial charge in [-0.25, -0.2) is 0 Å². The summed E-state index contributed by atoms with van der Waals surface area (Å²) in [6.07, 6.45) is 6.89. The van der Waals surface area contributed by atoms with E-state index in [1.807, 2.05) is 36.1 Å². The van der Waals surface area contributed by atoms with Crippen molar-refractivity contribution in [3.63, 3.8) is 0 Å². The minimum Gasteiger partial charge on any atom is -0.361 e. The number of hydrogen-bond donors (Lipinski definition) is 0. The van der Waals surface area contributed by atoms with Crippen LogP contribution < -0.4 is 0 Å². The van der Waals surface area contributed by atoms with Crippen LogP contribution in [0.15, 0.2) is 41.2 Å². The average Bonchev–Trinajstić information content (AvgIpc) is 2.99.